The fourth-order valence-electron chi connectivity index (χ4n) is 4.17. The van der Waals surface area contributed by atoms with Crippen LogP contribution in [0.2, 0.25) is 0 Å². The summed E-state index contributed by atoms with van der Waals surface area (Å²) in [4.78, 5) is 30.2. The maximum atomic E-state index is 12.5. The van der Waals surface area contributed by atoms with Crippen LogP contribution in [0.1, 0.15) is 31.4 Å². The lowest BCUT2D eigenvalue weighted by atomic mass is 9.95. The van der Waals surface area contributed by atoms with Crippen molar-refractivity contribution in [2.45, 2.75) is 25.8 Å². The lowest BCUT2D eigenvalue weighted by Gasteiger charge is -2.36. The zero-order valence-electron chi connectivity index (χ0n) is 19.3. The lowest BCUT2D eigenvalue weighted by Crippen LogP contribution is -2.43. The molecular weight excluding hydrogens is 454 g/mol. The highest BCUT2D eigenvalue weighted by Crippen LogP contribution is 2.30. The van der Waals surface area contributed by atoms with Crippen molar-refractivity contribution in [3.63, 3.8) is 0 Å². The van der Waals surface area contributed by atoms with Crippen molar-refractivity contribution >= 4 is 32.7 Å². The third-order valence-electron chi connectivity index (χ3n) is 6.05. The summed E-state index contributed by atoms with van der Waals surface area (Å²) in [5, 5.41) is 5.87. The number of likely N-dealkylation sites (tertiary alicyclic amines) is 1. The standard InChI is InChI=1S/C24H31N5O4S/c1-3-11-25-22(30)15-27-23(31)16-28-34(32,33)17-19-9-13-29(14-10-19)18(2)21-8-4-6-20-7-5-12-26-24(20)21/h1,4-8,12,18-19,28H,9-11,13-17H2,2H3,(H,25,30)(H,27,31). The molecule has 0 saturated carbocycles. The van der Waals surface area contributed by atoms with E-state index in [0.29, 0.717) is 0 Å². The minimum atomic E-state index is -3.61. The van der Waals surface area contributed by atoms with Crippen LogP contribution in [0.15, 0.2) is 36.5 Å². The average Bonchev–Trinajstić information content (AvgIpc) is 2.84. The van der Waals surface area contributed by atoms with E-state index in [1.54, 1.807) is 6.20 Å². The van der Waals surface area contributed by atoms with Crippen LogP contribution in [-0.2, 0) is 19.6 Å². The summed E-state index contributed by atoms with van der Waals surface area (Å²) in [6.07, 6.45) is 8.35. The van der Waals surface area contributed by atoms with Crippen LogP contribution in [0.25, 0.3) is 10.9 Å². The summed E-state index contributed by atoms with van der Waals surface area (Å²) in [5.74, 6) is 1.23. The Morgan fingerprint density at radius 3 is 2.59 bits per heavy atom. The highest BCUT2D eigenvalue weighted by Gasteiger charge is 2.28. The second-order valence-electron chi connectivity index (χ2n) is 8.44. The number of carbonyl (C=O) groups is 2. The van der Waals surface area contributed by atoms with Gasteiger partial charge in [-0.1, -0.05) is 30.2 Å². The molecule has 0 bridgehead atoms. The summed E-state index contributed by atoms with van der Waals surface area (Å²) in [5.41, 5.74) is 2.17. The van der Waals surface area contributed by atoms with Crippen LogP contribution in [0.3, 0.4) is 0 Å². The molecule has 2 heterocycles. The maximum Gasteiger partial charge on any atom is 0.240 e. The molecule has 1 aliphatic rings. The van der Waals surface area contributed by atoms with E-state index in [4.69, 9.17) is 6.42 Å². The fraction of sp³-hybridized carbons (Fsp3) is 0.458. The van der Waals surface area contributed by atoms with E-state index in [1.807, 2.05) is 12.1 Å². The Hall–Kier alpha value is -3.00. The molecule has 3 rings (SSSR count). The van der Waals surface area contributed by atoms with E-state index < -0.39 is 28.4 Å². The van der Waals surface area contributed by atoms with Gasteiger partial charge in [0.05, 0.1) is 30.9 Å². The zero-order valence-corrected chi connectivity index (χ0v) is 20.1. The van der Waals surface area contributed by atoms with E-state index in [1.165, 1.54) is 5.56 Å². The average molecular weight is 486 g/mol. The SMILES string of the molecule is C#CCNC(=O)CNC(=O)CNS(=O)(=O)CC1CCN(C(C)c2cccc3cccnc23)CC1. The minimum absolute atomic E-state index is 0.0178. The van der Waals surface area contributed by atoms with Crippen LogP contribution in [0.4, 0.5) is 0 Å². The summed E-state index contributed by atoms with van der Waals surface area (Å²) in [7, 11) is -3.61. The number of nitrogens with one attached hydrogen (secondary N) is 3. The molecule has 1 unspecified atom stereocenters. The molecule has 9 nitrogen and oxygen atoms in total. The van der Waals surface area contributed by atoms with Crippen molar-refractivity contribution in [1.29, 1.82) is 0 Å². The number of sulfonamides is 1. The van der Waals surface area contributed by atoms with Crippen LogP contribution < -0.4 is 15.4 Å². The molecule has 1 fully saturated rings. The van der Waals surface area contributed by atoms with Gasteiger partial charge in [0.15, 0.2) is 0 Å². The van der Waals surface area contributed by atoms with Gasteiger partial charge in [0.25, 0.3) is 0 Å². The number of rotatable bonds is 10. The number of benzene rings is 1. The number of aromatic nitrogens is 1. The normalized spacial score (nSPS) is 16.0. The summed E-state index contributed by atoms with van der Waals surface area (Å²) in [6, 6.07) is 10.4. The maximum absolute atomic E-state index is 12.5. The molecule has 0 radical (unpaired) electrons. The third kappa shape index (κ3) is 7.25. The third-order valence-corrected chi connectivity index (χ3v) is 7.55. The first-order valence-electron chi connectivity index (χ1n) is 11.3. The molecule has 1 aromatic heterocycles. The van der Waals surface area contributed by atoms with E-state index in [-0.39, 0.29) is 30.8 Å². The summed E-state index contributed by atoms with van der Waals surface area (Å²) in [6.45, 7) is 3.14. The highest BCUT2D eigenvalue weighted by molar-refractivity contribution is 7.89. The van der Waals surface area contributed by atoms with Gasteiger partial charge in [-0.05, 0) is 50.4 Å². The quantitative estimate of drug-likeness (QED) is 0.428. The number of pyridine rings is 1. The molecule has 182 valence electrons. The van der Waals surface area contributed by atoms with Gasteiger partial charge < -0.3 is 10.6 Å². The molecule has 3 N–H and O–H groups in total. The molecule has 1 aromatic carbocycles. The van der Waals surface area contributed by atoms with Crippen LogP contribution >= 0.6 is 0 Å². The van der Waals surface area contributed by atoms with Gasteiger partial charge in [-0.2, -0.15) is 0 Å². The van der Waals surface area contributed by atoms with Gasteiger partial charge >= 0.3 is 0 Å². The summed E-state index contributed by atoms with van der Waals surface area (Å²) < 4.78 is 27.2. The van der Waals surface area contributed by atoms with Gasteiger partial charge in [-0.3, -0.25) is 19.5 Å². The van der Waals surface area contributed by atoms with Crippen molar-refractivity contribution in [2.75, 3.05) is 38.5 Å². The number of amides is 2. The number of fused-ring (bicyclic) bond motifs is 1. The van der Waals surface area contributed by atoms with Crippen LogP contribution in [0.5, 0.6) is 0 Å². The Balaban J connectivity index is 1.44. The van der Waals surface area contributed by atoms with E-state index in [2.05, 4.69) is 56.3 Å². The van der Waals surface area contributed by atoms with E-state index in [9.17, 15) is 18.0 Å². The number of piperidine rings is 1. The van der Waals surface area contributed by atoms with E-state index in [0.717, 1.165) is 36.8 Å². The van der Waals surface area contributed by atoms with Crippen LogP contribution in [0, 0.1) is 18.3 Å². The molecule has 10 heteroatoms. The Kier molecular flexibility index (Phi) is 8.98. The number of terminal acetylenes is 1. The number of hydrogen-bond acceptors (Lipinski definition) is 6. The monoisotopic (exact) mass is 485 g/mol. The molecule has 0 aliphatic carbocycles. The van der Waals surface area contributed by atoms with Gasteiger partial charge in [0.1, 0.15) is 0 Å². The fourth-order valence-corrected chi connectivity index (χ4v) is 5.59. The Bertz CT molecular complexity index is 1150. The molecule has 34 heavy (non-hydrogen) atoms. The topological polar surface area (TPSA) is 120 Å². The van der Waals surface area contributed by atoms with Crippen molar-refractivity contribution < 1.29 is 18.0 Å². The molecule has 1 atom stereocenters. The molecule has 1 aliphatic heterocycles. The summed E-state index contributed by atoms with van der Waals surface area (Å²) >= 11 is 0. The lowest BCUT2D eigenvalue weighted by molar-refractivity contribution is -0.125. The smallest absolute Gasteiger partial charge is 0.240 e. The van der Waals surface area contributed by atoms with Crippen molar-refractivity contribution in [3.05, 3.63) is 42.1 Å². The van der Waals surface area contributed by atoms with E-state index >= 15 is 0 Å². The van der Waals surface area contributed by atoms with Crippen molar-refractivity contribution in [2.24, 2.45) is 5.92 Å². The molecule has 2 amide bonds. The molecule has 2 aromatic rings. The molecule has 1 saturated heterocycles. The predicted octanol–water partition coefficient (Wildman–Crippen LogP) is 0.793. The second kappa shape index (κ2) is 11.9. The van der Waals surface area contributed by atoms with Crippen molar-refractivity contribution in [3.8, 4) is 12.3 Å². The number of hydrogen-bond donors (Lipinski definition) is 3. The van der Waals surface area contributed by atoms with Crippen molar-refractivity contribution in [1.82, 2.24) is 25.2 Å². The number of para-hydroxylation sites is 1. The first-order chi connectivity index (χ1) is 16.3. The Morgan fingerprint density at radius 1 is 1.15 bits per heavy atom. The number of carbonyl (C=O) groups excluding carboxylic acids is 2. The predicted molar refractivity (Wildman–Crippen MR) is 131 cm³/mol. The van der Waals surface area contributed by atoms with Gasteiger partial charge in [0.2, 0.25) is 21.8 Å². The Labute approximate surface area is 200 Å². The minimum Gasteiger partial charge on any atom is -0.346 e. The highest BCUT2D eigenvalue weighted by atomic mass is 32.2. The Morgan fingerprint density at radius 2 is 1.85 bits per heavy atom. The molecule has 0 spiro atoms. The first kappa shape index (κ1) is 25.6. The zero-order chi connectivity index (χ0) is 24.6. The van der Waals surface area contributed by atoms with Gasteiger partial charge in [-0.15, -0.1) is 6.42 Å². The first-order valence-corrected chi connectivity index (χ1v) is 13.0. The second-order valence-corrected chi connectivity index (χ2v) is 10.3. The number of nitrogens with zero attached hydrogens (tertiary/aromatic N) is 2. The molecular formula is C24H31N5O4S. The van der Waals surface area contributed by atoms with Gasteiger partial charge in [0, 0.05) is 17.6 Å². The largest absolute Gasteiger partial charge is 0.346 e. The van der Waals surface area contributed by atoms with Crippen LogP contribution in [-0.4, -0.2) is 68.6 Å². The van der Waals surface area contributed by atoms with Gasteiger partial charge in [-0.25, -0.2) is 13.1 Å².